The smallest absolute Gasteiger partial charge is 0.340 e. The van der Waals surface area contributed by atoms with E-state index in [1.807, 2.05) is 0 Å². The van der Waals surface area contributed by atoms with Gasteiger partial charge in [-0.1, -0.05) is 46.9 Å². The molecule has 0 fully saturated rings. The van der Waals surface area contributed by atoms with Gasteiger partial charge in [-0.3, -0.25) is 0 Å². The number of benzene rings is 2. The second-order valence-corrected chi connectivity index (χ2v) is 8.11. The maximum Gasteiger partial charge on any atom is 0.416 e. The lowest BCUT2D eigenvalue weighted by Crippen LogP contribution is -2.13. The van der Waals surface area contributed by atoms with Crippen molar-refractivity contribution in [2.24, 2.45) is 0 Å². The van der Waals surface area contributed by atoms with Crippen LogP contribution in [0, 0.1) is 0 Å². The summed E-state index contributed by atoms with van der Waals surface area (Å²) >= 11 is 17.4. The summed E-state index contributed by atoms with van der Waals surface area (Å²) in [6, 6.07) is 7.30. The average molecular weight is 475 g/mol. The van der Waals surface area contributed by atoms with Crippen molar-refractivity contribution in [3.8, 4) is 0 Å². The first-order valence-electron chi connectivity index (χ1n) is 7.65. The third-order valence-electron chi connectivity index (χ3n) is 3.71. The molecule has 3 aromatic rings. The number of fused-ring (bicyclic) bond motifs is 1. The van der Waals surface area contributed by atoms with E-state index in [-0.39, 0.29) is 23.2 Å². The molecule has 29 heavy (non-hydrogen) atoms. The Bertz CT molecular complexity index is 1030. The Kier molecular flexibility index (Phi) is 5.53. The third kappa shape index (κ3) is 4.96. The standard InChI is InChI=1S/C17H8Cl3F6N3/c18-15(19,20)14-28-12-4-2-1-3-11(12)13(29-14)27-10-6-8(16(21,22)23)5-9(7-10)17(24,25)26/h1-7H,(H,27,28,29). The highest BCUT2D eigenvalue weighted by Gasteiger charge is 2.37. The molecule has 1 aromatic heterocycles. The van der Waals surface area contributed by atoms with E-state index in [1.165, 1.54) is 12.1 Å². The van der Waals surface area contributed by atoms with Crippen molar-refractivity contribution in [1.29, 1.82) is 0 Å². The van der Waals surface area contributed by atoms with Crippen LogP contribution in [-0.4, -0.2) is 9.97 Å². The molecular formula is C17H8Cl3F6N3. The molecule has 0 bridgehead atoms. The first-order valence-corrected chi connectivity index (χ1v) is 8.79. The van der Waals surface area contributed by atoms with Crippen molar-refractivity contribution < 1.29 is 26.3 Å². The van der Waals surface area contributed by atoms with Crippen LogP contribution >= 0.6 is 34.8 Å². The van der Waals surface area contributed by atoms with Gasteiger partial charge in [0.1, 0.15) is 5.82 Å². The van der Waals surface area contributed by atoms with Crippen LogP contribution in [0.2, 0.25) is 0 Å². The maximum atomic E-state index is 13.1. The van der Waals surface area contributed by atoms with Gasteiger partial charge in [-0.15, -0.1) is 0 Å². The second kappa shape index (κ2) is 7.37. The van der Waals surface area contributed by atoms with E-state index in [9.17, 15) is 26.3 Å². The highest BCUT2D eigenvalue weighted by Crippen LogP contribution is 2.40. The Morgan fingerprint density at radius 3 is 1.83 bits per heavy atom. The molecule has 3 rings (SSSR count). The van der Waals surface area contributed by atoms with Crippen LogP contribution in [0.1, 0.15) is 17.0 Å². The van der Waals surface area contributed by atoms with Crippen molar-refractivity contribution in [3.05, 3.63) is 59.4 Å². The van der Waals surface area contributed by atoms with E-state index in [2.05, 4.69) is 15.3 Å². The molecule has 0 aliphatic carbocycles. The second-order valence-electron chi connectivity index (χ2n) is 5.83. The number of halogens is 9. The van der Waals surface area contributed by atoms with Gasteiger partial charge < -0.3 is 5.32 Å². The fourth-order valence-electron chi connectivity index (χ4n) is 2.46. The number of hydrogen-bond acceptors (Lipinski definition) is 3. The van der Waals surface area contributed by atoms with Crippen LogP contribution in [0.5, 0.6) is 0 Å². The summed E-state index contributed by atoms with van der Waals surface area (Å²) in [6.45, 7) is 0. The zero-order chi connectivity index (χ0) is 21.6. The maximum absolute atomic E-state index is 13.1. The highest BCUT2D eigenvalue weighted by molar-refractivity contribution is 6.66. The van der Waals surface area contributed by atoms with E-state index in [4.69, 9.17) is 34.8 Å². The van der Waals surface area contributed by atoms with Gasteiger partial charge in [-0.05, 0) is 30.3 Å². The fourth-order valence-corrected chi connectivity index (χ4v) is 2.72. The van der Waals surface area contributed by atoms with Crippen molar-refractivity contribution in [1.82, 2.24) is 9.97 Å². The minimum atomic E-state index is -4.99. The predicted octanol–water partition coefficient (Wildman–Crippen LogP) is 7.24. The van der Waals surface area contributed by atoms with Gasteiger partial charge in [0.05, 0.1) is 16.6 Å². The lowest BCUT2D eigenvalue weighted by Gasteiger charge is -2.17. The first kappa shape index (κ1) is 21.7. The van der Waals surface area contributed by atoms with Crippen LogP contribution in [0.15, 0.2) is 42.5 Å². The molecular weight excluding hydrogens is 467 g/mol. The van der Waals surface area contributed by atoms with Gasteiger partial charge in [0, 0.05) is 11.1 Å². The Morgan fingerprint density at radius 2 is 1.31 bits per heavy atom. The number of nitrogens with zero attached hydrogens (tertiary/aromatic N) is 2. The zero-order valence-electron chi connectivity index (χ0n) is 13.8. The molecule has 154 valence electrons. The SMILES string of the molecule is FC(F)(F)c1cc(Nc2nc(C(Cl)(Cl)Cl)nc3ccccc23)cc(C(F)(F)F)c1. The number of nitrogens with one attached hydrogen (secondary N) is 1. The quantitative estimate of drug-likeness (QED) is 0.314. The van der Waals surface area contributed by atoms with Crippen molar-refractivity contribution >= 4 is 57.2 Å². The highest BCUT2D eigenvalue weighted by atomic mass is 35.6. The summed E-state index contributed by atoms with van der Waals surface area (Å²) in [6.07, 6.45) is -9.98. The number of rotatable bonds is 2. The van der Waals surface area contributed by atoms with E-state index in [1.54, 1.807) is 12.1 Å². The average Bonchev–Trinajstić information content (AvgIpc) is 2.59. The van der Waals surface area contributed by atoms with E-state index >= 15 is 0 Å². The molecule has 0 radical (unpaired) electrons. The molecule has 1 N–H and O–H groups in total. The largest absolute Gasteiger partial charge is 0.416 e. The van der Waals surface area contributed by atoms with Gasteiger partial charge in [-0.2, -0.15) is 26.3 Å². The number of para-hydroxylation sites is 1. The van der Waals surface area contributed by atoms with Gasteiger partial charge >= 0.3 is 12.4 Å². The van der Waals surface area contributed by atoms with E-state index in [0.717, 1.165) is 0 Å². The van der Waals surface area contributed by atoms with Gasteiger partial charge in [0.2, 0.25) is 3.79 Å². The molecule has 3 nitrogen and oxygen atoms in total. The number of alkyl halides is 9. The minimum Gasteiger partial charge on any atom is -0.340 e. The predicted molar refractivity (Wildman–Crippen MR) is 98.5 cm³/mol. The summed E-state index contributed by atoms with van der Waals surface area (Å²) in [5.41, 5.74) is -3.18. The summed E-state index contributed by atoms with van der Waals surface area (Å²) in [5, 5.41) is 2.76. The Labute approximate surface area is 174 Å². The van der Waals surface area contributed by atoms with Gasteiger partial charge in [-0.25, -0.2) is 9.97 Å². The molecule has 0 aliphatic heterocycles. The monoisotopic (exact) mass is 473 g/mol. The van der Waals surface area contributed by atoms with Crippen LogP contribution in [-0.2, 0) is 16.1 Å². The molecule has 0 saturated carbocycles. The van der Waals surface area contributed by atoms with E-state index < -0.39 is 33.0 Å². The van der Waals surface area contributed by atoms with Gasteiger partial charge in [0.25, 0.3) is 0 Å². The molecule has 0 amide bonds. The minimum absolute atomic E-state index is 0.0238. The molecule has 0 saturated heterocycles. The van der Waals surface area contributed by atoms with Gasteiger partial charge in [0.15, 0.2) is 5.82 Å². The lowest BCUT2D eigenvalue weighted by atomic mass is 10.1. The van der Waals surface area contributed by atoms with Crippen LogP contribution < -0.4 is 5.32 Å². The number of anilines is 2. The molecule has 12 heteroatoms. The van der Waals surface area contributed by atoms with E-state index in [0.29, 0.717) is 17.5 Å². The zero-order valence-corrected chi connectivity index (χ0v) is 16.1. The fraction of sp³-hybridized carbons (Fsp3) is 0.176. The topological polar surface area (TPSA) is 37.8 Å². The summed E-state index contributed by atoms with van der Waals surface area (Å²) in [5.74, 6) is -0.420. The molecule has 0 aliphatic rings. The van der Waals surface area contributed by atoms with Crippen LogP contribution in [0.25, 0.3) is 10.9 Å². The molecule has 0 atom stereocenters. The Morgan fingerprint density at radius 1 is 0.759 bits per heavy atom. The van der Waals surface area contributed by atoms with Crippen molar-refractivity contribution in [2.45, 2.75) is 16.1 Å². The summed E-state index contributed by atoms with van der Waals surface area (Å²) < 4.78 is 76.4. The summed E-state index contributed by atoms with van der Waals surface area (Å²) in [7, 11) is 0. The molecule has 0 unspecified atom stereocenters. The first-order chi connectivity index (χ1) is 13.2. The normalized spacial score (nSPS) is 13.0. The lowest BCUT2D eigenvalue weighted by molar-refractivity contribution is -0.143. The third-order valence-corrected chi connectivity index (χ3v) is 4.21. The summed E-state index contributed by atoms with van der Waals surface area (Å²) in [4.78, 5) is 8.03. The van der Waals surface area contributed by atoms with Crippen molar-refractivity contribution in [3.63, 3.8) is 0 Å². The number of hydrogen-bond donors (Lipinski definition) is 1. The molecule has 2 aromatic carbocycles. The number of aromatic nitrogens is 2. The Balaban J connectivity index is 2.18. The Hall–Kier alpha value is -1.97. The van der Waals surface area contributed by atoms with Crippen LogP contribution in [0.3, 0.4) is 0 Å². The molecule has 1 heterocycles. The molecule has 0 spiro atoms. The van der Waals surface area contributed by atoms with Crippen LogP contribution in [0.4, 0.5) is 37.8 Å². The van der Waals surface area contributed by atoms with Crippen molar-refractivity contribution in [2.75, 3.05) is 5.32 Å².